The van der Waals surface area contributed by atoms with Crippen LogP contribution >= 0.6 is 11.6 Å². The number of nitrogens with zero attached hydrogens (tertiary/aromatic N) is 1. The first kappa shape index (κ1) is 17.2. The minimum Gasteiger partial charge on any atom is -0.484 e. The summed E-state index contributed by atoms with van der Waals surface area (Å²) in [6.45, 7) is -0.151. The van der Waals surface area contributed by atoms with Gasteiger partial charge in [-0.15, -0.1) is 0 Å². The highest BCUT2D eigenvalue weighted by Crippen LogP contribution is 2.27. The smallest absolute Gasteiger partial charge is 0.263 e. The molecule has 1 aliphatic rings. The number of anilines is 2. The van der Waals surface area contributed by atoms with Crippen molar-refractivity contribution in [3.8, 4) is 5.75 Å². The molecule has 0 spiro atoms. The Hall–Kier alpha value is -2.60. The van der Waals surface area contributed by atoms with Gasteiger partial charge in [-0.2, -0.15) is 0 Å². The Kier molecular flexibility index (Phi) is 5.50. The highest BCUT2D eigenvalue weighted by molar-refractivity contribution is 6.30. The second-order valence-electron chi connectivity index (χ2n) is 5.84. The number of halogens is 1. The van der Waals surface area contributed by atoms with E-state index < -0.39 is 0 Å². The molecule has 0 radical (unpaired) electrons. The number of carbonyl (C=O) groups excluding carboxylic acids is 2. The highest BCUT2D eigenvalue weighted by atomic mass is 35.5. The van der Waals surface area contributed by atoms with Gasteiger partial charge >= 0.3 is 0 Å². The van der Waals surface area contributed by atoms with E-state index in [1.54, 1.807) is 36.4 Å². The van der Waals surface area contributed by atoms with Gasteiger partial charge in [0.2, 0.25) is 5.91 Å². The van der Waals surface area contributed by atoms with Gasteiger partial charge in [-0.05, 0) is 43.2 Å². The number of nitrogens with one attached hydrogen (secondary N) is 2. The zero-order valence-corrected chi connectivity index (χ0v) is 14.3. The summed E-state index contributed by atoms with van der Waals surface area (Å²) in [5.74, 6) is 0.715. The van der Waals surface area contributed by atoms with Crippen LogP contribution in [0.5, 0.6) is 5.75 Å². The first-order chi connectivity index (χ1) is 12.1. The largest absolute Gasteiger partial charge is 0.484 e. The van der Waals surface area contributed by atoms with E-state index >= 15 is 0 Å². The second-order valence-corrected chi connectivity index (χ2v) is 6.28. The summed E-state index contributed by atoms with van der Waals surface area (Å²) < 4.78 is 5.36. The lowest BCUT2D eigenvalue weighted by atomic mass is 9.85. The van der Waals surface area contributed by atoms with Crippen molar-refractivity contribution in [2.45, 2.75) is 19.3 Å². The molecule has 1 aromatic carbocycles. The normalized spacial score (nSPS) is 13.6. The first-order valence-electron chi connectivity index (χ1n) is 8.05. The van der Waals surface area contributed by atoms with Crippen LogP contribution in [0.4, 0.5) is 11.5 Å². The fourth-order valence-corrected chi connectivity index (χ4v) is 2.52. The number of ether oxygens (including phenoxy) is 1. The molecule has 2 aromatic rings. The van der Waals surface area contributed by atoms with E-state index in [1.807, 2.05) is 0 Å². The van der Waals surface area contributed by atoms with Crippen molar-refractivity contribution in [2.75, 3.05) is 17.2 Å². The second kappa shape index (κ2) is 7.98. The summed E-state index contributed by atoms with van der Waals surface area (Å²) >= 11 is 5.85. The number of hydrogen-bond donors (Lipinski definition) is 2. The van der Waals surface area contributed by atoms with Crippen molar-refractivity contribution in [1.29, 1.82) is 0 Å². The van der Waals surface area contributed by atoms with Crippen LogP contribution in [0.2, 0.25) is 5.02 Å². The molecule has 0 saturated heterocycles. The molecule has 2 N–H and O–H groups in total. The average molecular weight is 360 g/mol. The summed E-state index contributed by atoms with van der Waals surface area (Å²) in [5.41, 5.74) is 0.616. The maximum absolute atomic E-state index is 11.9. The van der Waals surface area contributed by atoms with Crippen molar-refractivity contribution in [2.24, 2.45) is 5.92 Å². The van der Waals surface area contributed by atoms with Gasteiger partial charge in [0.25, 0.3) is 5.91 Å². The van der Waals surface area contributed by atoms with E-state index in [0.717, 1.165) is 19.3 Å². The fraction of sp³-hybridized carbons (Fsp3) is 0.278. The van der Waals surface area contributed by atoms with Gasteiger partial charge in [-0.25, -0.2) is 4.98 Å². The molecule has 25 heavy (non-hydrogen) atoms. The monoisotopic (exact) mass is 359 g/mol. The van der Waals surface area contributed by atoms with Crippen molar-refractivity contribution in [1.82, 2.24) is 4.98 Å². The van der Waals surface area contributed by atoms with Crippen LogP contribution in [0.25, 0.3) is 0 Å². The minimum absolute atomic E-state index is 0.0276. The lowest BCUT2D eigenvalue weighted by Crippen LogP contribution is -2.28. The van der Waals surface area contributed by atoms with Crippen molar-refractivity contribution in [3.05, 3.63) is 47.6 Å². The van der Waals surface area contributed by atoms with Crippen LogP contribution in [0.3, 0.4) is 0 Å². The van der Waals surface area contributed by atoms with Gasteiger partial charge < -0.3 is 15.4 Å². The molecule has 0 atom stereocenters. The molecule has 6 nitrogen and oxygen atoms in total. The molecule has 1 heterocycles. The number of aromatic nitrogens is 1. The van der Waals surface area contributed by atoms with Crippen molar-refractivity contribution in [3.63, 3.8) is 0 Å². The van der Waals surface area contributed by atoms with E-state index in [9.17, 15) is 9.59 Å². The third kappa shape index (κ3) is 4.93. The van der Waals surface area contributed by atoms with Gasteiger partial charge in [-0.1, -0.05) is 24.1 Å². The molecule has 2 amide bonds. The van der Waals surface area contributed by atoms with Crippen LogP contribution in [-0.2, 0) is 9.59 Å². The Labute approximate surface area is 150 Å². The van der Waals surface area contributed by atoms with Gasteiger partial charge in [0.15, 0.2) is 6.61 Å². The molecule has 0 unspecified atom stereocenters. The highest BCUT2D eigenvalue weighted by Gasteiger charge is 2.25. The maximum atomic E-state index is 11.9. The summed E-state index contributed by atoms with van der Waals surface area (Å²) in [5, 5.41) is 6.00. The Balaban J connectivity index is 1.47. The predicted octanol–water partition coefficient (Wildman–Crippen LogP) is 3.49. The number of benzene rings is 1. The van der Waals surface area contributed by atoms with E-state index in [-0.39, 0.29) is 24.3 Å². The minimum atomic E-state index is -0.335. The molecule has 1 saturated carbocycles. The first-order valence-corrected chi connectivity index (χ1v) is 8.43. The SMILES string of the molecule is O=C(COc1cccc(Cl)c1)Nc1ccc(NC(=O)C2CCC2)cn1. The van der Waals surface area contributed by atoms with E-state index in [4.69, 9.17) is 16.3 Å². The Morgan fingerprint density at radius 3 is 2.68 bits per heavy atom. The molecule has 7 heteroatoms. The molecule has 1 aromatic heterocycles. The summed E-state index contributed by atoms with van der Waals surface area (Å²) in [7, 11) is 0. The third-order valence-corrected chi connectivity index (χ3v) is 4.18. The van der Waals surface area contributed by atoms with Gasteiger partial charge in [0, 0.05) is 10.9 Å². The Morgan fingerprint density at radius 2 is 2.04 bits per heavy atom. The van der Waals surface area contributed by atoms with E-state index in [1.165, 1.54) is 6.20 Å². The van der Waals surface area contributed by atoms with Crippen molar-refractivity contribution < 1.29 is 14.3 Å². The molecular weight excluding hydrogens is 342 g/mol. The van der Waals surface area contributed by atoms with E-state index in [0.29, 0.717) is 22.3 Å². The number of carbonyl (C=O) groups is 2. The molecule has 3 rings (SSSR count). The topological polar surface area (TPSA) is 80.3 Å². The van der Waals surface area contributed by atoms with Gasteiger partial charge in [-0.3, -0.25) is 9.59 Å². The third-order valence-electron chi connectivity index (χ3n) is 3.94. The number of amides is 2. The fourth-order valence-electron chi connectivity index (χ4n) is 2.34. The van der Waals surface area contributed by atoms with Crippen LogP contribution in [0.15, 0.2) is 42.6 Å². The molecular formula is C18H18ClN3O3. The Morgan fingerprint density at radius 1 is 1.20 bits per heavy atom. The van der Waals surface area contributed by atoms with Crippen LogP contribution in [0, 0.1) is 5.92 Å². The summed E-state index contributed by atoms with van der Waals surface area (Å²) in [4.78, 5) is 27.9. The molecule has 130 valence electrons. The zero-order valence-electron chi connectivity index (χ0n) is 13.5. The summed E-state index contributed by atoms with van der Waals surface area (Å²) in [6.07, 6.45) is 4.52. The Bertz CT molecular complexity index is 760. The number of hydrogen-bond acceptors (Lipinski definition) is 4. The van der Waals surface area contributed by atoms with Crippen LogP contribution in [-0.4, -0.2) is 23.4 Å². The number of rotatable bonds is 6. The van der Waals surface area contributed by atoms with Crippen molar-refractivity contribution >= 4 is 34.9 Å². The zero-order chi connectivity index (χ0) is 17.6. The molecule has 1 fully saturated rings. The van der Waals surface area contributed by atoms with Gasteiger partial charge in [0.1, 0.15) is 11.6 Å². The lowest BCUT2D eigenvalue weighted by molar-refractivity contribution is -0.122. The van der Waals surface area contributed by atoms with Crippen LogP contribution in [0.1, 0.15) is 19.3 Å². The lowest BCUT2D eigenvalue weighted by Gasteiger charge is -2.23. The quantitative estimate of drug-likeness (QED) is 0.827. The predicted molar refractivity (Wildman–Crippen MR) is 95.8 cm³/mol. The maximum Gasteiger partial charge on any atom is 0.263 e. The van der Waals surface area contributed by atoms with E-state index in [2.05, 4.69) is 15.6 Å². The standard InChI is InChI=1S/C18H18ClN3O3/c19-13-5-2-6-15(9-13)25-11-17(23)22-16-8-7-14(10-20-16)21-18(24)12-3-1-4-12/h2,5-10,12H,1,3-4,11H2,(H,21,24)(H,20,22,23). The number of pyridine rings is 1. The van der Waals surface area contributed by atoms with Crippen LogP contribution < -0.4 is 15.4 Å². The molecule has 0 bridgehead atoms. The molecule has 1 aliphatic carbocycles. The summed E-state index contributed by atoms with van der Waals surface area (Å²) in [6, 6.07) is 10.2. The van der Waals surface area contributed by atoms with Gasteiger partial charge in [0.05, 0.1) is 11.9 Å². The average Bonchev–Trinajstić information content (AvgIpc) is 2.53. The molecule has 0 aliphatic heterocycles.